The maximum atomic E-state index is 12.2. The number of anilines is 1. The van der Waals surface area contributed by atoms with Gasteiger partial charge in [0.2, 0.25) is 5.91 Å². The van der Waals surface area contributed by atoms with Gasteiger partial charge in [-0.25, -0.2) is 0 Å². The molecule has 1 amide bonds. The molecule has 0 spiro atoms. The number of hydrogen-bond donors (Lipinski definition) is 1. The molecule has 0 aromatic heterocycles. The topological polar surface area (TPSA) is 81.5 Å². The third kappa shape index (κ3) is 5.28. The van der Waals surface area contributed by atoms with E-state index >= 15 is 0 Å². The first kappa shape index (κ1) is 18.8. The Hall–Kier alpha value is -3.93. The molecule has 0 fully saturated rings. The number of nitrogens with zero attached hydrogens (tertiary/aromatic N) is 1. The summed E-state index contributed by atoms with van der Waals surface area (Å²) in [7, 11) is 0. The number of carbonyl (C=O) groups is 1. The van der Waals surface area contributed by atoms with E-state index in [9.17, 15) is 14.9 Å². The normalized spacial score (nSPS) is 10.6. The summed E-state index contributed by atoms with van der Waals surface area (Å²) in [5, 5.41) is 13.6. The molecule has 0 bridgehead atoms. The van der Waals surface area contributed by atoms with Gasteiger partial charge in [-0.3, -0.25) is 14.9 Å². The highest BCUT2D eigenvalue weighted by Gasteiger charge is 2.07. The molecular weight excluding hydrogens is 356 g/mol. The number of hydrogen-bond acceptors (Lipinski definition) is 4. The lowest BCUT2D eigenvalue weighted by molar-refractivity contribution is -0.384. The summed E-state index contributed by atoms with van der Waals surface area (Å²) in [4.78, 5) is 22.6. The van der Waals surface area contributed by atoms with Crippen LogP contribution in [0, 0.1) is 10.1 Å². The first-order valence-corrected chi connectivity index (χ1v) is 8.61. The van der Waals surface area contributed by atoms with E-state index in [1.54, 1.807) is 30.3 Å². The number of nitro groups is 1. The fourth-order valence-corrected chi connectivity index (χ4v) is 2.52. The van der Waals surface area contributed by atoms with Crippen molar-refractivity contribution in [1.82, 2.24) is 0 Å². The van der Waals surface area contributed by atoms with Crippen molar-refractivity contribution in [2.24, 2.45) is 0 Å². The summed E-state index contributed by atoms with van der Waals surface area (Å²) in [6, 6.07) is 23.0. The molecular formula is C22H18N2O4. The Bertz CT molecular complexity index is 1000. The minimum absolute atomic E-state index is 0.0257. The number of nitrogens with one attached hydrogen (secondary N) is 1. The van der Waals surface area contributed by atoms with Crippen molar-refractivity contribution in [3.63, 3.8) is 0 Å². The van der Waals surface area contributed by atoms with E-state index in [-0.39, 0.29) is 11.6 Å². The fraction of sp³-hybridized carbons (Fsp3) is 0.0455. The van der Waals surface area contributed by atoms with Crippen LogP contribution in [0.1, 0.15) is 11.1 Å². The molecule has 3 aromatic rings. The molecule has 0 saturated heterocycles. The zero-order valence-corrected chi connectivity index (χ0v) is 14.9. The van der Waals surface area contributed by atoms with Gasteiger partial charge in [0, 0.05) is 18.2 Å². The van der Waals surface area contributed by atoms with Gasteiger partial charge < -0.3 is 10.1 Å². The highest BCUT2D eigenvalue weighted by molar-refractivity contribution is 6.02. The van der Waals surface area contributed by atoms with Crippen LogP contribution < -0.4 is 10.1 Å². The molecule has 28 heavy (non-hydrogen) atoms. The molecule has 6 nitrogen and oxygen atoms in total. The Labute approximate surface area is 162 Å². The summed E-state index contributed by atoms with van der Waals surface area (Å²) in [6.07, 6.45) is 2.85. The van der Waals surface area contributed by atoms with E-state index < -0.39 is 4.92 Å². The minimum Gasteiger partial charge on any atom is -0.487 e. The van der Waals surface area contributed by atoms with Gasteiger partial charge in [0.05, 0.1) is 10.6 Å². The molecule has 0 atom stereocenters. The van der Waals surface area contributed by atoms with E-state index in [1.165, 1.54) is 24.3 Å². The summed E-state index contributed by atoms with van der Waals surface area (Å²) in [5.41, 5.74) is 2.11. The van der Waals surface area contributed by atoms with Crippen LogP contribution in [0.25, 0.3) is 6.08 Å². The third-order valence-electron chi connectivity index (χ3n) is 3.89. The van der Waals surface area contributed by atoms with Crippen LogP contribution in [0.3, 0.4) is 0 Å². The smallest absolute Gasteiger partial charge is 0.270 e. The molecule has 0 unspecified atom stereocenters. The summed E-state index contributed by atoms with van der Waals surface area (Å²) in [5.74, 6) is 0.200. The lowest BCUT2D eigenvalue weighted by atomic mass is 10.2. The maximum absolute atomic E-state index is 12.2. The molecule has 0 saturated carbocycles. The van der Waals surface area contributed by atoms with Crippen LogP contribution in [-0.4, -0.2) is 10.8 Å². The number of benzene rings is 3. The number of amides is 1. The largest absolute Gasteiger partial charge is 0.487 e. The molecule has 3 aromatic carbocycles. The Morgan fingerprint density at radius 2 is 1.75 bits per heavy atom. The molecule has 0 aliphatic heterocycles. The Balaban J connectivity index is 1.65. The van der Waals surface area contributed by atoms with Crippen molar-refractivity contribution in [2.75, 3.05) is 5.32 Å². The number of nitro benzene ring substituents is 1. The van der Waals surface area contributed by atoms with E-state index in [1.807, 2.05) is 36.4 Å². The van der Waals surface area contributed by atoms with Crippen molar-refractivity contribution in [3.8, 4) is 5.75 Å². The number of non-ortho nitro benzene ring substituents is 1. The second-order valence-corrected chi connectivity index (χ2v) is 5.95. The molecule has 0 heterocycles. The van der Waals surface area contributed by atoms with Gasteiger partial charge >= 0.3 is 0 Å². The van der Waals surface area contributed by atoms with E-state index in [0.29, 0.717) is 23.6 Å². The lowest BCUT2D eigenvalue weighted by Crippen LogP contribution is -2.09. The van der Waals surface area contributed by atoms with Gasteiger partial charge in [-0.1, -0.05) is 54.6 Å². The molecule has 6 heteroatoms. The molecule has 0 aliphatic rings. The Kier molecular flexibility index (Phi) is 6.15. The number of para-hydroxylation sites is 2. The fourth-order valence-electron chi connectivity index (χ4n) is 2.52. The van der Waals surface area contributed by atoms with Crippen molar-refractivity contribution < 1.29 is 14.5 Å². The maximum Gasteiger partial charge on any atom is 0.270 e. The first-order chi connectivity index (χ1) is 13.6. The van der Waals surface area contributed by atoms with E-state index in [0.717, 1.165) is 5.56 Å². The zero-order valence-electron chi connectivity index (χ0n) is 14.9. The van der Waals surface area contributed by atoms with Crippen molar-refractivity contribution in [3.05, 3.63) is 106 Å². The van der Waals surface area contributed by atoms with Crippen molar-refractivity contribution in [2.45, 2.75) is 6.61 Å². The number of rotatable bonds is 7. The quantitative estimate of drug-likeness (QED) is 0.365. The minimum atomic E-state index is -0.474. The zero-order chi connectivity index (χ0) is 19.8. The summed E-state index contributed by atoms with van der Waals surface area (Å²) >= 11 is 0. The van der Waals surface area contributed by atoms with Gasteiger partial charge in [-0.15, -0.1) is 0 Å². The molecule has 3 rings (SSSR count). The van der Waals surface area contributed by atoms with E-state index in [2.05, 4.69) is 5.32 Å². The molecule has 140 valence electrons. The Morgan fingerprint density at radius 3 is 2.54 bits per heavy atom. The predicted molar refractivity (Wildman–Crippen MR) is 108 cm³/mol. The average molecular weight is 374 g/mol. The standard InChI is InChI=1S/C22H18N2O4/c25-22(14-13-17-9-6-10-19(15-17)24(26)27)23-20-11-4-5-12-21(20)28-16-18-7-2-1-3-8-18/h1-15H,16H2,(H,23,25)/b14-13+. The summed E-state index contributed by atoms with van der Waals surface area (Å²) < 4.78 is 5.82. The van der Waals surface area contributed by atoms with E-state index in [4.69, 9.17) is 4.74 Å². The van der Waals surface area contributed by atoms with Gasteiger partial charge in [-0.2, -0.15) is 0 Å². The van der Waals surface area contributed by atoms with Gasteiger partial charge in [0.15, 0.2) is 0 Å². The SMILES string of the molecule is O=C(/C=C/c1cccc([N+](=O)[O-])c1)Nc1ccccc1OCc1ccccc1. The first-order valence-electron chi connectivity index (χ1n) is 8.61. The Morgan fingerprint density at radius 1 is 1.00 bits per heavy atom. The highest BCUT2D eigenvalue weighted by Crippen LogP contribution is 2.25. The predicted octanol–water partition coefficient (Wildman–Crippen LogP) is 4.83. The van der Waals surface area contributed by atoms with Gasteiger partial charge in [0.1, 0.15) is 12.4 Å². The lowest BCUT2D eigenvalue weighted by Gasteiger charge is -2.11. The molecule has 0 aliphatic carbocycles. The highest BCUT2D eigenvalue weighted by atomic mass is 16.6. The van der Waals surface area contributed by atoms with Crippen molar-refractivity contribution in [1.29, 1.82) is 0 Å². The van der Waals surface area contributed by atoms with Crippen LogP contribution >= 0.6 is 0 Å². The van der Waals surface area contributed by atoms with Crippen LogP contribution in [0.5, 0.6) is 5.75 Å². The third-order valence-corrected chi connectivity index (χ3v) is 3.89. The van der Waals surface area contributed by atoms with Gasteiger partial charge in [-0.05, 0) is 29.3 Å². The van der Waals surface area contributed by atoms with Gasteiger partial charge in [0.25, 0.3) is 5.69 Å². The van der Waals surface area contributed by atoms with Crippen LogP contribution in [0.4, 0.5) is 11.4 Å². The van der Waals surface area contributed by atoms with Crippen LogP contribution in [-0.2, 0) is 11.4 Å². The monoisotopic (exact) mass is 374 g/mol. The average Bonchev–Trinajstić information content (AvgIpc) is 2.72. The summed E-state index contributed by atoms with van der Waals surface area (Å²) in [6.45, 7) is 0.386. The molecule has 1 N–H and O–H groups in total. The van der Waals surface area contributed by atoms with Crippen molar-refractivity contribution >= 4 is 23.4 Å². The number of carbonyl (C=O) groups excluding carboxylic acids is 1. The second-order valence-electron chi connectivity index (χ2n) is 5.95. The molecule has 0 radical (unpaired) electrons. The number of ether oxygens (including phenoxy) is 1. The second kappa shape index (κ2) is 9.14. The van der Waals surface area contributed by atoms with Crippen LogP contribution in [0.2, 0.25) is 0 Å². The van der Waals surface area contributed by atoms with Crippen LogP contribution in [0.15, 0.2) is 84.9 Å².